The van der Waals surface area contributed by atoms with Crippen LogP contribution >= 0.6 is 34.8 Å². The van der Waals surface area contributed by atoms with E-state index in [0.29, 0.717) is 0 Å². The number of thiocarbonyl (C=S) groups is 1. The third-order valence-corrected chi connectivity index (χ3v) is 2.09. The molecule has 1 nitrogen and oxygen atoms in total. The van der Waals surface area contributed by atoms with Crippen LogP contribution in [0.1, 0.15) is 5.56 Å². The molecule has 0 bridgehead atoms. The van der Waals surface area contributed by atoms with E-state index in [1.807, 2.05) is 19.1 Å². The second-order valence-electron chi connectivity index (χ2n) is 2.13. The van der Waals surface area contributed by atoms with E-state index in [2.05, 4.69) is 51.0 Å². The molecule has 0 fully saturated rings. The molecule has 1 aromatic rings. The van der Waals surface area contributed by atoms with Gasteiger partial charge in [0.25, 0.3) is 0 Å². The molecule has 0 aromatic heterocycles. The van der Waals surface area contributed by atoms with E-state index in [1.54, 1.807) is 0 Å². The van der Waals surface area contributed by atoms with E-state index in [1.165, 1.54) is 3.57 Å². The summed E-state index contributed by atoms with van der Waals surface area (Å²) in [7, 11) is 0. The third kappa shape index (κ3) is 2.36. The molecule has 3 heteroatoms. The first kappa shape index (κ1) is 8.84. The van der Waals surface area contributed by atoms with Crippen LogP contribution in [-0.2, 0) is 0 Å². The van der Waals surface area contributed by atoms with Crippen LogP contribution in [0.25, 0.3) is 0 Å². The molecule has 0 radical (unpaired) electrons. The predicted octanol–water partition coefficient (Wildman–Crippen LogP) is 3.33. The number of halogens is 1. The molecule has 11 heavy (non-hydrogen) atoms. The summed E-state index contributed by atoms with van der Waals surface area (Å²) in [5.41, 5.74) is 2.04. The lowest BCUT2D eigenvalue weighted by atomic mass is 10.2. The summed E-state index contributed by atoms with van der Waals surface area (Å²) in [6, 6.07) is 6.00. The number of nitrogens with zero attached hydrogens (tertiary/aromatic N) is 1. The highest BCUT2D eigenvalue weighted by molar-refractivity contribution is 14.1. The molecular formula is C8H6INS. The van der Waals surface area contributed by atoms with Crippen LogP contribution in [0.15, 0.2) is 23.2 Å². The fourth-order valence-corrected chi connectivity index (χ4v) is 1.54. The number of benzene rings is 1. The highest BCUT2D eigenvalue weighted by Crippen LogP contribution is 2.19. The van der Waals surface area contributed by atoms with Gasteiger partial charge in [-0.05, 0) is 65.5 Å². The molecule has 1 rings (SSSR count). The second kappa shape index (κ2) is 3.95. The molecule has 0 saturated carbocycles. The van der Waals surface area contributed by atoms with Gasteiger partial charge >= 0.3 is 0 Å². The first-order valence-electron chi connectivity index (χ1n) is 3.08. The lowest BCUT2D eigenvalue weighted by Gasteiger charge is -1.97. The van der Waals surface area contributed by atoms with Gasteiger partial charge in [0.2, 0.25) is 0 Å². The maximum Gasteiger partial charge on any atom is 0.0769 e. The highest BCUT2D eigenvalue weighted by Gasteiger charge is 1.94. The van der Waals surface area contributed by atoms with E-state index >= 15 is 0 Å². The minimum absolute atomic E-state index is 0.903. The molecule has 0 aliphatic heterocycles. The number of aryl methyl sites for hydroxylation is 1. The van der Waals surface area contributed by atoms with Gasteiger partial charge in [-0.15, -0.1) is 0 Å². The van der Waals surface area contributed by atoms with Crippen molar-refractivity contribution in [3.8, 4) is 0 Å². The van der Waals surface area contributed by atoms with Crippen molar-refractivity contribution in [2.75, 3.05) is 0 Å². The monoisotopic (exact) mass is 275 g/mol. The van der Waals surface area contributed by atoms with E-state index in [-0.39, 0.29) is 0 Å². The minimum Gasteiger partial charge on any atom is -0.194 e. The summed E-state index contributed by atoms with van der Waals surface area (Å²) in [6.07, 6.45) is 0. The van der Waals surface area contributed by atoms with E-state index < -0.39 is 0 Å². The third-order valence-electron chi connectivity index (χ3n) is 1.32. The van der Waals surface area contributed by atoms with Crippen molar-refractivity contribution in [2.45, 2.75) is 6.92 Å². The normalized spacial score (nSPS) is 8.91. The SMILES string of the molecule is Cc1cc(I)ccc1N=C=S. The Morgan fingerprint density at radius 1 is 1.55 bits per heavy atom. The van der Waals surface area contributed by atoms with Crippen molar-refractivity contribution >= 4 is 45.7 Å². The number of aliphatic imine (C=N–C) groups is 1. The lowest BCUT2D eigenvalue weighted by Crippen LogP contribution is -1.75. The van der Waals surface area contributed by atoms with Crippen LogP contribution in [0.4, 0.5) is 5.69 Å². The number of hydrogen-bond acceptors (Lipinski definition) is 2. The molecular weight excluding hydrogens is 269 g/mol. The number of rotatable bonds is 1. The van der Waals surface area contributed by atoms with Gasteiger partial charge in [-0.2, -0.15) is 4.99 Å². The molecule has 56 valence electrons. The van der Waals surface area contributed by atoms with Crippen molar-refractivity contribution < 1.29 is 0 Å². The summed E-state index contributed by atoms with van der Waals surface area (Å²) < 4.78 is 1.21. The van der Waals surface area contributed by atoms with Crippen molar-refractivity contribution in [1.29, 1.82) is 0 Å². The summed E-state index contributed by atoms with van der Waals surface area (Å²) in [4.78, 5) is 3.91. The summed E-state index contributed by atoms with van der Waals surface area (Å²) in [5, 5.41) is 2.35. The first-order chi connectivity index (χ1) is 5.24. The zero-order valence-electron chi connectivity index (χ0n) is 5.97. The van der Waals surface area contributed by atoms with Gasteiger partial charge in [-0.3, -0.25) is 0 Å². The molecule has 0 spiro atoms. The van der Waals surface area contributed by atoms with Crippen LogP contribution < -0.4 is 0 Å². The molecule has 0 aliphatic rings. The highest BCUT2D eigenvalue weighted by atomic mass is 127. The quantitative estimate of drug-likeness (QED) is 0.435. The first-order valence-corrected chi connectivity index (χ1v) is 4.57. The fourth-order valence-electron chi connectivity index (χ4n) is 0.793. The Bertz CT molecular complexity index is 316. The van der Waals surface area contributed by atoms with Crippen molar-refractivity contribution in [3.63, 3.8) is 0 Å². The average Bonchev–Trinajstić information content (AvgIpc) is 1.95. The standard InChI is InChI=1S/C8H6INS/c1-6-4-7(9)2-3-8(6)10-5-11/h2-4H,1H3. The number of isothiocyanates is 1. The molecule has 0 atom stereocenters. The molecule has 0 amide bonds. The lowest BCUT2D eigenvalue weighted by molar-refractivity contribution is 1.40. The van der Waals surface area contributed by atoms with E-state index in [0.717, 1.165) is 11.3 Å². The average molecular weight is 275 g/mol. The van der Waals surface area contributed by atoms with Gasteiger partial charge in [0, 0.05) is 3.57 Å². The Kier molecular flexibility index (Phi) is 3.17. The Morgan fingerprint density at radius 2 is 2.27 bits per heavy atom. The predicted molar refractivity (Wildman–Crippen MR) is 58.6 cm³/mol. The minimum atomic E-state index is 0.903. The zero-order chi connectivity index (χ0) is 8.27. The van der Waals surface area contributed by atoms with Crippen molar-refractivity contribution in [2.24, 2.45) is 4.99 Å². The Morgan fingerprint density at radius 3 is 2.82 bits per heavy atom. The van der Waals surface area contributed by atoms with E-state index in [4.69, 9.17) is 0 Å². The van der Waals surface area contributed by atoms with Gasteiger partial charge in [0.05, 0.1) is 10.8 Å². The molecule has 0 N–H and O–H groups in total. The van der Waals surface area contributed by atoms with Crippen molar-refractivity contribution in [3.05, 3.63) is 27.3 Å². The van der Waals surface area contributed by atoms with Gasteiger partial charge in [0.1, 0.15) is 0 Å². The van der Waals surface area contributed by atoms with E-state index in [9.17, 15) is 0 Å². The Balaban J connectivity index is 3.19. The van der Waals surface area contributed by atoms with Crippen LogP contribution in [0.5, 0.6) is 0 Å². The maximum absolute atomic E-state index is 4.51. The molecule has 0 unspecified atom stereocenters. The molecule has 0 heterocycles. The van der Waals surface area contributed by atoms with Crippen LogP contribution in [0.2, 0.25) is 0 Å². The number of hydrogen-bond donors (Lipinski definition) is 0. The van der Waals surface area contributed by atoms with Crippen LogP contribution in [0, 0.1) is 10.5 Å². The molecule has 1 aromatic carbocycles. The smallest absolute Gasteiger partial charge is 0.0769 e. The van der Waals surface area contributed by atoms with Crippen LogP contribution in [0.3, 0.4) is 0 Å². The Labute approximate surface area is 84.7 Å². The zero-order valence-corrected chi connectivity index (χ0v) is 8.94. The summed E-state index contributed by atoms with van der Waals surface area (Å²) >= 11 is 6.77. The van der Waals surface area contributed by atoms with Gasteiger partial charge in [-0.1, -0.05) is 0 Å². The van der Waals surface area contributed by atoms with Crippen molar-refractivity contribution in [1.82, 2.24) is 0 Å². The largest absolute Gasteiger partial charge is 0.194 e. The topological polar surface area (TPSA) is 12.4 Å². The maximum atomic E-state index is 4.51. The van der Waals surface area contributed by atoms with Gasteiger partial charge in [-0.25, -0.2) is 0 Å². The second-order valence-corrected chi connectivity index (χ2v) is 3.56. The van der Waals surface area contributed by atoms with Gasteiger partial charge in [0.15, 0.2) is 0 Å². The molecule has 0 aliphatic carbocycles. The molecule has 0 saturated heterocycles. The fraction of sp³-hybridized carbons (Fsp3) is 0.125. The Hall–Kier alpha value is -0.250. The summed E-state index contributed by atoms with van der Waals surface area (Å²) in [5.74, 6) is 0. The summed E-state index contributed by atoms with van der Waals surface area (Å²) in [6.45, 7) is 2.01. The van der Waals surface area contributed by atoms with Gasteiger partial charge < -0.3 is 0 Å². The van der Waals surface area contributed by atoms with Crippen LogP contribution in [-0.4, -0.2) is 5.16 Å².